The Balaban J connectivity index is 1.92. The van der Waals surface area contributed by atoms with Crippen LogP contribution in [0.25, 0.3) is 0 Å². The number of aryl methyl sites for hydroxylation is 3. The minimum atomic E-state index is 0.0283. The summed E-state index contributed by atoms with van der Waals surface area (Å²) in [5.41, 5.74) is 2.81. The monoisotopic (exact) mass is 346 g/mol. The van der Waals surface area contributed by atoms with Crippen LogP contribution < -0.4 is 0 Å². The van der Waals surface area contributed by atoms with Gasteiger partial charge in [-0.2, -0.15) is 0 Å². The molecule has 2 aromatic heterocycles. The molecule has 0 saturated heterocycles. The van der Waals surface area contributed by atoms with E-state index in [1.54, 1.807) is 16.2 Å². The van der Waals surface area contributed by atoms with E-state index in [1.165, 1.54) is 43.9 Å². The molecule has 0 aliphatic heterocycles. The van der Waals surface area contributed by atoms with E-state index < -0.39 is 0 Å². The first-order valence-corrected chi connectivity index (χ1v) is 8.53. The van der Waals surface area contributed by atoms with E-state index in [4.69, 9.17) is 11.6 Å². The van der Waals surface area contributed by atoms with Crippen molar-refractivity contribution in [1.29, 1.82) is 0 Å². The minimum absolute atomic E-state index is 0.0283. The van der Waals surface area contributed by atoms with Gasteiger partial charge in [0.25, 0.3) is 0 Å². The van der Waals surface area contributed by atoms with Crippen LogP contribution in [0.15, 0.2) is 15.9 Å². The molecule has 2 heterocycles. The van der Waals surface area contributed by atoms with Gasteiger partial charge in [0.1, 0.15) is 5.38 Å². The van der Waals surface area contributed by atoms with Crippen molar-refractivity contribution in [1.82, 2.24) is 0 Å². The van der Waals surface area contributed by atoms with Crippen LogP contribution in [0.2, 0.25) is 0 Å². The predicted octanol–water partition coefficient (Wildman–Crippen LogP) is 5.70. The highest BCUT2D eigenvalue weighted by Gasteiger charge is 2.21. The first-order chi connectivity index (χ1) is 8.15. The highest BCUT2D eigenvalue weighted by molar-refractivity contribution is 9.11. The smallest absolute Gasteiger partial charge is 0.102 e. The van der Waals surface area contributed by atoms with Crippen LogP contribution in [-0.2, 0) is 12.8 Å². The summed E-state index contributed by atoms with van der Waals surface area (Å²) in [7, 11) is 0. The third kappa shape index (κ3) is 2.23. The number of hydrogen-bond donors (Lipinski definition) is 0. The Morgan fingerprint density at radius 1 is 1.24 bits per heavy atom. The summed E-state index contributed by atoms with van der Waals surface area (Å²) in [4.78, 5) is 4.11. The zero-order chi connectivity index (χ0) is 12.0. The van der Waals surface area contributed by atoms with Gasteiger partial charge < -0.3 is 0 Å². The van der Waals surface area contributed by atoms with Crippen molar-refractivity contribution in [3.63, 3.8) is 0 Å². The van der Waals surface area contributed by atoms with Crippen molar-refractivity contribution < 1.29 is 0 Å². The van der Waals surface area contributed by atoms with Gasteiger partial charge in [-0.3, -0.25) is 0 Å². The Labute approximate surface area is 123 Å². The average molecular weight is 348 g/mol. The molecule has 90 valence electrons. The highest BCUT2D eigenvalue weighted by Crippen LogP contribution is 2.42. The fourth-order valence-electron chi connectivity index (χ4n) is 2.23. The van der Waals surface area contributed by atoms with E-state index >= 15 is 0 Å². The number of hydrogen-bond acceptors (Lipinski definition) is 2. The molecule has 17 heavy (non-hydrogen) atoms. The highest BCUT2D eigenvalue weighted by atomic mass is 79.9. The van der Waals surface area contributed by atoms with Crippen molar-refractivity contribution in [2.24, 2.45) is 0 Å². The summed E-state index contributed by atoms with van der Waals surface area (Å²) in [6.07, 6.45) is 3.80. The van der Waals surface area contributed by atoms with Crippen molar-refractivity contribution >= 4 is 50.2 Å². The molecule has 2 aromatic rings. The summed E-state index contributed by atoms with van der Waals surface area (Å²) in [5.74, 6) is 0. The lowest BCUT2D eigenvalue weighted by Crippen LogP contribution is -1.85. The van der Waals surface area contributed by atoms with Crippen molar-refractivity contribution in [3.8, 4) is 0 Å². The molecule has 1 unspecified atom stereocenters. The molecule has 0 saturated carbocycles. The molecule has 0 nitrogen and oxygen atoms in total. The number of fused-ring (bicyclic) bond motifs is 1. The van der Waals surface area contributed by atoms with Crippen LogP contribution in [-0.4, -0.2) is 0 Å². The maximum atomic E-state index is 6.58. The molecule has 0 N–H and O–H groups in total. The van der Waals surface area contributed by atoms with Crippen LogP contribution >= 0.6 is 50.2 Å². The van der Waals surface area contributed by atoms with Gasteiger partial charge in [0, 0.05) is 14.6 Å². The zero-order valence-corrected chi connectivity index (χ0v) is 13.4. The molecule has 0 amide bonds. The maximum absolute atomic E-state index is 6.58. The molecule has 0 fully saturated rings. The standard InChI is InChI=1S/C13H12BrClS2/c1-7-5-10(17-13(7)14)12(15)11-6-8-3-2-4-9(8)16-11/h5-6,12H,2-4H2,1H3. The molecule has 0 aromatic carbocycles. The lowest BCUT2D eigenvalue weighted by atomic mass is 10.2. The van der Waals surface area contributed by atoms with E-state index in [0.717, 1.165) is 0 Å². The van der Waals surface area contributed by atoms with Gasteiger partial charge in [0.15, 0.2) is 0 Å². The van der Waals surface area contributed by atoms with Crippen LogP contribution in [0.3, 0.4) is 0 Å². The lowest BCUT2D eigenvalue weighted by molar-refractivity contribution is 0.913. The van der Waals surface area contributed by atoms with Crippen LogP contribution in [0.1, 0.15) is 37.6 Å². The van der Waals surface area contributed by atoms with Crippen molar-refractivity contribution in [2.45, 2.75) is 31.6 Å². The van der Waals surface area contributed by atoms with Crippen LogP contribution in [0.4, 0.5) is 0 Å². The SMILES string of the molecule is Cc1cc(C(Cl)c2cc3c(s2)CCC3)sc1Br. The second kappa shape index (κ2) is 4.69. The van der Waals surface area contributed by atoms with E-state index in [2.05, 4.69) is 35.0 Å². The quantitative estimate of drug-likeness (QED) is 0.611. The topological polar surface area (TPSA) is 0 Å². The van der Waals surface area contributed by atoms with E-state index in [1.807, 2.05) is 11.3 Å². The Hall–Kier alpha value is 0.170. The number of halogens is 2. The van der Waals surface area contributed by atoms with Crippen LogP contribution in [0, 0.1) is 6.92 Å². The Morgan fingerprint density at radius 2 is 2.00 bits per heavy atom. The number of alkyl halides is 1. The van der Waals surface area contributed by atoms with Crippen molar-refractivity contribution in [2.75, 3.05) is 0 Å². The second-order valence-electron chi connectivity index (χ2n) is 4.42. The summed E-state index contributed by atoms with van der Waals surface area (Å²) in [6.45, 7) is 2.11. The molecule has 1 aliphatic carbocycles. The largest absolute Gasteiger partial charge is 0.143 e. The summed E-state index contributed by atoms with van der Waals surface area (Å²) in [5, 5.41) is 0.0283. The van der Waals surface area contributed by atoms with E-state index in [0.29, 0.717) is 0 Å². The summed E-state index contributed by atoms with van der Waals surface area (Å²) >= 11 is 13.8. The second-order valence-corrected chi connectivity index (χ2v) is 8.43. The third-order valence-corrected chi connectivity index (χ3v) is 7.37. The number of rotatable bonds is 2. The molecule has 0 spiro atoms. The van der Waals surface area contributed by atoms with Gasteiger partial charge in [0.2, 0.25) is 0 Å². The molecular weight excluding hydrogens is 336 g/mol. The fourth-order valence-corrected chi connectivity index (χ4v) is 5.52. The van der Waals surface area contributed by atoms with Gasteiger partial charge in [-0.15, -0.1) is 34.3 Å². The van der Waals surface area contributed by atoms with Gasteiger partial charge in [0.05, 0.1) is 3.79 Å². The normalized spacial score (nSPS) is 16.2. The average Bonchev–Trinajstić information content (AvgIpc) is 2.92. The molecule has 4 heteroatoms. The van der Waals surface area contributed by atoms with Crippen molar-refractivity contribution in [3.05, 3.63) is 41.7 Å². The Bertz CT molecular complexity index is 515. The first kappa shape index (κ1) is 12.2. The van der Waals surface area contributed by atoms with Crippen LogP contribution in [0.5, 0.6) is 0 Å². The third-order valence-electron chi connectivity index (χ3n) is 3.14. The van der Waals surface area contributed by atoms with Gasteiger partial charge >= 0.3 is 0 Å². The van der Waals surface area contributed by atoms with E-state index in [9.17, 15) is 0 Å². The lowest BCUT2D eigenvalue weighted by Gasteiger charge is -2.03. The Kier molecular flexibility index (Phi) is 3.37. The summed E-state index contributed by atoms with van der Waals surface area (Å²) < 4.78 is 1.20. The molecule has 0 radical (unpaired) electrons. The molecule has 3 rings (SSSR count). The molecule has 0 bridgehead atoms. The maximum Gasteiger partial charge on any atom is 0.102 e. The fraction of sp³-hybridized carbons (Fsp3) is 0.385. The molecule has 1 atom stereocenters. The van der Waals surface area contributed by atoms with Gasteiger partial charge in [-0.25, -0.2) is 0 Å². The molecule has 1 aliphatic rings. The van der Waals surface area contributed by atoms with E-state index in [-0.39, 0.29) is 5.38 Å². The van der Waals surface area contributed by atoms with Gasteiger partial charge in [-0.1, -0.05) is 0 Å². The zero-order valence-electron chi connectivity index (χ0n) is 9.43. The summed E-state index contributed by atoms with van der Waals surface area (Å²) in [6, 6.07) is 4.50. The Morgan fingerprint density at radius 3 is 2.65 bits per heavy atom. The first-order valence-electron chi connectivity index (χ1n) is 5.66. The number of thiophene rings is 2. The predicted molar refractivity (Wildman–Crippen MR) is 80.8 cm³/mol. The van der Waals surface area contributed by atoms with Gasteiger partial charge in [-0.05, 0) is 65.4 Å². The minimum Gasteiger partial charge on any atom is -0.143 e. The molecular formula is C13H12BrClS2.